The maximum atomic E-state index is 14.8. The molecule has 1 aromatic heterocycles. The predicted molar refractivity (Wildman–Crippen MR) is 208 cm³/mol. The molecule has 5 amide bonds. The number of hydrogen-bond donors (Lipinski definition) is 4. The fourth-order valence-electron chi connectivity index (χ4n) is 7.46. The zero-order valence-electron chi connectivity index (χ0n) is 32.8. The van der Waals surface area contributed by atoms with Crippen molar-refractivity contribution in [3.63, 3.8) is 0 Å². The Kier molecular flexibility index (Phi) is 15.7. The number of nitrogens with one attached hydrogen (secondary N) is 4. The molecule has 1 aliphatic heterocycles. The minimum atomic E-state index is -3.78. The van der Waals surface area contributed by atoms with Gasteiger partial charge in [-0.2, -0.15) is 4.31 Å². The number of ketones is 1. The lowest BCUT2D eigenvalue weighted by molar-refractivity contribution is -0.145. The average molecular weight is 779 g/mol. The second-order valence-corrected chi connectivity index (χ2v) is 19.5. The van der Waals surface area contributed by atoms with Crippen molar-refractivity contribution >= 4 is 50.9 Å². The molecule has 4 N–H and O–H groups in total. The summed E-state index contributed by atoms with van der Waals surface area (Å²) in [5.74, 6) is -2.64. The van der Waals surface area contributed by atoms with Gasteiger partial charge in [0, 0.05) is 32.7 Å². The molecule has 0 aromatic carbocycles. The highest BCUT2D eigenvalue weighted by molar-refractivity contribution is 7.91. The summed E-state index contributed by atoms with van der Waals surface area (Å²) in [6.07, 6.45) is 6.97. The first kappa shape index (κ1) is 44.1. The molecule has 5 atom stereocenters. The number of thiophene rings is 1. The van der Waals surface area contributed by atoms with Gasteiger partial charge in [-0.3, -0.25) is 19.2 Å². The molecule has 2 fully saturated rings. The van der Waals surface area contributed by atoms with Crippen molar-refractivity contribution in [2.24, 2.45) is 22.7 Å². The number of likely N-dealkylation sites (N-methyl/N-ethyl adjacent to an activating group) is 1. The largest absolute Gasteiger partial charge is 0.346 e. The van der Waals surface area contributed by atoms with Crippen LogP contribution in [0.1, 0.15) is 99.8 Å². The highest BCUT2D eigenvalue weighted by Gasteiger charge is 2.50. The molecule has 13 nitrogen and oxygen atoms in total. The van der Waals surface area contributed by atoms with Gasteiger partial charge in [0.25, 0.3) is 15.9 Å². The number of Topliss-reactive ketones (excluding diaryl/α,β-unsaturated/α-hetero) is 1. The third kappa shape index (κ3) is 11.1. The van der Waals surface area contributed by atoms with Gasteiger partial charge in [0.1, 0.15) is 16.3 Å². The van der Waals surface area contributed by atoms with Gasteiger partial charge in [0.2, 0.25) is 17.6 Å². The summed E-state index contributed by atoms with van der Waals surface area (Å²) in [4.78, 5) is 70.2. The lowest BCUT2D eigenvalue weighted by Gasteiger charge is -2.43. The Labute approximate surface area is 320 Å². The molecule has 1 saturated carbocycles. The summed E-state index contributed by atoms with van der Waals surface area (Å²) in [6.45, 7) is 17.5. The van der Waals surface area contributed by atoms with Gasteiger partial charge in [-0.1, -0.05) is 86.3 Å². The van der Waals surface area contributed by atoms with E-state index >= 15 is 0 Å². The molecule has 1 aliphatic carbocycles. The summed E-state index contributed by atoms with van der Waals surface area (Å²) in [6, 6.07) is -0.955. The lowest BCUT2D eigenvalue weighted by Crippen LogP contribution is -2.63. The van der Waals surface area contributed by atoms with Crippen LogP contribution in [0.15, 0.2) is 34.4 Å². The quantitative estimate of drug-likeness (QED) is 0.134. The van der Waals surface area contributed by atoms with Crippen molar-refractivity contribution < 1.29 is 32.4 Å². The van der Waals surface area contributed by atoms with Gasteiger partial charge in [-0.15, -0.1) is 17.9 Å². The van der Waals surface area contributed by atoms with Crippen LogP contribution in [-0.2, 0) is 29.2 Å². The van der Waals surface area contributed by atoms with Crippen molar-refractivity contribution in [2.75, 3.05) is 26.7 Å². The predicted octanol–water partition coefficient (Wildman–Crippen LogP) is 4.45. The maximum Gasteiger partial charge on any atom is 0.315 e. The fourth-order valence-corrected chi connectivity index (χ4v) is 9.84. The van der Waals surface area contributed by atoms with Gasteiger partial charge >= 0.3 is 6.03 Å². The van der Waals surface area contributed by atoms with Crippen LogP contribution in [0.25, 0.3) is 0 Å². The van der Waals surface area contributed by atoms with E-state index in [1.54, 1.807) is 22.4 Å². The van der Waals surface area contributed by atoms with E-state index in [-0.39, 0.29) is 48.0 Å². The van der Waals surface area contributed by atoms with Crippen LogP contribution in [0.5, 0.6) is 0 Å². The number of nitrogens with zero attached hydrogens (tertiary/aromatic N) is 2. The summed E-state index contributed by atoms with van der Waals surface area (Å²) in [5, 5.41) is 13.0. The molecule has 2 aliphatic rings. The number of rotatable bonds is 17. The van der Waals surface area contributed by atoms with E-state index in [9.17, 15) is 32.4 Å². The summed E-state index contributed by atoms with van der Waals surface area (Å²) in [5.41, 5.74) is -1.16. The first-order valence-corrected chi connectivity index (χ1v) is 21.2. The summed E-state index contributed by atoms with van der Waals surface area (Å²) < 4.78 is 28.0. The van der Waals surface area contributed by atoms with E-state index in [4.69, 9.17) is 0 Å². The van der Waals surface area contributed by atoms with Gasteiger partial charge in [-0.05, 0) is 59.8 Å². The van der Waals surface area contributed by atoms with Crippen molar-refractivity contribution in [3.8, 4) is 0 Å². The normalized spacial score (nSPS) is 20.7. The minimum Gasteiger partial charge on any atom is -0.346 e. The lowest BCUT2D eigenvalue weighted by atomic mass is 9.70. The molecule has 0 bridgehead atoms. The Morgan fingerprint density at radius 1 is 1.09 bits per heavy atom. The van der Waals surface area contributed by atoms with Crippen LogP contribution in [0.2, 0.25) is 0 Å². The number of sulfonamides is 1. The SMILES string of the molecule is C=CCNC(=O)C(=O)C(CCC)NC(=O)[C@@H]1[C@@H](C(C)C)CCN1C(=O)[C@@H](NC(=O)N[C@H](CN(C)S(=O)(=O)c1cccs1)C(C)(C)C)C1(C)CCCCC1. The van der Waals surface area contributed by atoms with Crippen molar-refractivity contribution in [1.82, 2.24) is 30.5 Å². The number of amides is 5. The summed E-state index contributed by atoms with van der Waals surface area (Å²) in [7, 11) is -2.30. The molecule has 0 spiro atoms. The van der Waals surface area contributed by atoms with Gasteiger partial charge in [0.05, 0.1) is 6.04 Å². The van der Waals surface area contributed by atoms with E-state index in [2.05, 4.69) is 27.8 Å². The van der Waals surface area contributed by atoms with E-state index in [0.29, 0.717) is 25.7 Å². The van der Waals surface area contributed by atoms with Crippen molar-refractivity contribution in [1.29, 1.82) is 0 Å². The Balaban J connectivity index is 1.91. The highest BCUT2D eigenvalue weighted by atomic mass is 32.2. The Morgan fingerprint density at radius 3 is 2.30 bits per heavy atom. The van der Waals surface area contributed by atoms with Crippen LogP contribution >= 0.6 is 11.3 Å². The van der Waals surface area contributed by atoms with E-state index in [0.717, 1.165) is 30.6 Å². The van der Waals surface area contributed by atoms with Gasteiger partial charge in [0.15, 0.2) is 0 Å². The smallest absolute Gasteiger partial charge is 0.315 e. The molecule has 298 valence electrons. The first-order chi connectivity index (χ1) is 24.8. The zero-order valence-corrected chi connectivity index (χ0v) is 34.5. The van der Waals surface area contributed by atoms with Crippen LogP contribution in [0, 0.1) is 22.7 Å². The monoisotopic (exact) mass is 778 g/mol. The molecule has 1 aromatic rings. The van der Waals surface area contributed by atoms with E-state index < -0.39 is 68.6 Å². The fraction of sp³-hybridized carbons (Fsp3) is 0.711. The molecule has 2 heterocycles. The van der Waals surface area contributed by atoms with Gasteiger partial charge in [-0.25, -0.2) is 13.2 Å². The summed E-state index contributed by atoms with van der Waals surface area (Å²) >= 11 is 1.12. The number of likely N-dealkylation sites (tertiary alicyclic amines) is 1. The molecular formula is C38H62N6O7S2. The number of carbonyl (C=O) groups excluding carboxylic acids is 5. The average Bonchev–Trinajstić information content (AvgIpc) is 3.80. The highest BCUT2D eigenvalue weighted by Crippen LogP contribution is 2.41. The van der Waals surface area contributed by atoms with Crippen LogP contribution in [-0.4, -0.2) is 98.0 Å². The number of urea groups is 1. The second-order valence-electron chi connectivity index (χ2n) is 16.3. The van der Waals surface area contributed by atoms with E-state index in [1.165, 1.54) is 17.4 Å². The zero-order chi connectivity index (χ0) is 39.7. The first-order valence-electron chi connectivity index (χ1n) is 18.9. The molecule has 0 radical (unpaired) electrons. The standard InChI is InChI=1S/C38H62N6O7S2/c1-10-16-27(31(45)34(47)39-21-11-2)40-33(46)30-26(25(3)4)18-22-44(30)35(48)32(38(8)19-13-12-14-20-38)42-36(49)41-28(37(5,6)7)24-43(9)53(50,51)29-17-15-23-52-29/h11,15,17,23,25-28,30,32H,2,10,12-14,16,18-22,24H2,1,3-9H3,(H,39,47)(H,40,46)(H2,41,42,49)/t26-,27?,28-,30+,32-/m1/s1. The topological polar surface area (TPSA) is 174 Å². The van der Waals surface area contributed by atoms with E-state index in [1.807, 2.05) is 48.5 Å². The van der Waals surface area contributed by atoms with Crippen molar-refractivity contribution in [2.45, 2.75) is 128 Å². The minimum absolute atomic E-state index is 0.000726. The van der Waals surface area contributed by atoms with Crippen molar-refractivity contribution in [3.05, 3.63) is 30.2 Å². The maximum absolute atomic E-state index is 14.8. The van der Waals surface area contributed by atoms with Crippen LogP contribution in [0.4, 0.5) is 4.79 Å². The van der Waals surface area contributed by atoms with Gasteiger partial charge < -0.3 is 26.2 Å². The molecule has 15 heteroatoms. The molecule has 1 saturated heterocycles. The third-order valence-electron chi connectivity index (χ3n) is 10.9. The van der Waals surface area contributed by atoms with Crippen LogP contribution < -0.4 is 21.3 Å². The number of carbonyl (C=O) groups is 5. The Bertz CT molecular complexity index is 1550. The molecule has 1 unspecified atom stereocenters. The number of hydrogen-bond acceptors (Lipinski definition) is 8. The molecular weight excluding hydrogens is 717 g/mol. The Hall–Kier alpha value is -3.30. The van der Waals surface area contributed by atoms with Crippen LogP contribution in [0.3, 0.4) is 0 Å². The molecule has 3 rings (SSSR count). The third-order valence-corrected chi connectivity index (χ3v) is 14.1. The Morgan fingerprint density at radius 2 is 1.75 bits per heavy atom. The second kappa shape index (κ2) is 18.8. The molecule has 53 heavy (non-hydrogen) atoms.